The molecule has 180 valence electrons. The number of rotatable bonds is 5. The third kappa shape index (κ3) is 3.96. The van der Waals surface area contributed by atoms with Gasteiger partial charge in [-0.2, -0.15) is 4.98 Å². The van der Waals surface area contributed by atoms with Crippen molar-refractivity contribution < 1.29 is 14.3 Å². The second-order valence-electron chi connectivity index (χ2n) is 8.63. The zero-order chi connectivity index (χ0) is 24.7. The average Bonchev–Trinajstić information content (AvgIpc) is 3.25. The van der Waals surface area contributed by atoms with Crippen LogP contribution in [0.5, 0.6) is 11.5 Å². The molecular weight excluding hydrogens is 450 g/mol. The number of esters is 1. The Morgan fingerprint density at radius 3 is 2.40 bits per heavy atom. The quantitative estimate of drug-likeness (QED) is 0.409. The van der Waals surface area contributed by atoms with Crippen molar-refractivity contribution in [3.63, 3.8) is 0 Å². The van der Waals surface area contributed by atoms with Crippen LogP contribution in [0.15, 0.2) is 64.2 Å². The van der Waals surface area contributed by atoms with E-state index < -0.39 is 23.8 Å². The molecule has 35 heavy (non-hydrogen) atoms. The number of benzene rings is 2. The third-order valence-electron chi connectivity index (χ3n) is 6.08. The molecule has 1 aliphatic heterocycles. The number of nitrogens with zero attached hydrogens (tertiary/aromatic N) is 5. The topological polar surface area (TPSA) is 101 Å². The van der Waals surface area contributed by atoms with Crippen LogP contribution in [0, 0.1) is 5.92 Å². The Kier molecular flexibility index (Phi) is 5.64. The lowest BCUT2D eigenvalue weighted by atomic mass is 10.1. The fourth-order valence-electron chi connectivity index (χ4n) is 4.37. The van der Waals surface area contributed by atoms with Crippen molar-refractivity contribution >= 4 is 28.8 Å². The van der Waals surface area contributed by atoms with E-state index in [9.17, 15) is 14.4 Å². The molecule has 0 amide bonds. The molecular formula is C25H25N5O5. The molecule has 0 saturated carbocycles. The molecule has 0 saturated heterocycles. The van der Waals surface area contributed by atoms with Gasteiger partial charge in [-0.25, -0.2) is 9.36 Å². The average molecular weight is 476 g/mol. The maximum Gasteiger partial charge on any atom is 0.333 e. The van der Waals surface area contributed by atoms with E-state index in [1.807, 2.05) is 64.1 Å². The first-order valence-electron chi connectivity index (χ1n) is 11.2. The highest BCUT2D eigenvalue weighted by Gasteiger charge is 2.30. The number of fused-ring (bicyclic) bond motifs is 3. The predicted octanol–water partition coefficient (Wildman–Crippen LogP) is 2.65. The van der Waals surface area contributed by atoms with Crippen molar-refractivity contribution in [2.24, 2.45) is 13.0 Å². The van der Waals surface area contributed by atoms with Crippen molar-refractivity contribution in [1.29, 1.82) is 0 Å². The molecule has 1 atom stereocenters. The van der Waals surface area contributed by atoms with Crippen LogP contribution in [0.4, 0.5) is 11.6 Å². The zero-order valence-electron chi connectivity index (χ0n) is 19.7. The van der Waals surface area contributed by atoms with E-state index >= 15 is 0 Å². The number of carbonyl (C=O) groups excluding carboxylic acids is 1. The molecule has 2 aromatic heterocycles. The molecule has 0 spiro atoms. The Morgan fingerprint density at radius 2 is 1.71 bits per heavy atom. The van der Waals surface area contributed by atoms with E-state index in [2.05, 4.69) is 16.6 Å². The van der Waals surface area contributed by atoms with Crippen molar-refractivity contribution in [2.75, 3.05) is 18.6 Å². The highest BCUT2D eigenvalue weighted by Crippen LogP contribution is 2.34. The van der Waals surface area contributed by atoms with Crippen LogP contribution in [0.1, 0.15) is 6.92 Å². The maximum atomic E-state index is 13.3. The number of carbonyl (C=O) groups is 1. The Morgan fingerprint density at radius 1 is 1.03 bits per heavy atom. The van der Waals surface area contributed by atoms with Crippen molar-refractivity contribution in [3.8, 4) is 11.5 Å². The molecule has 0 unspecified atom stereocenters. The van der Waals surface area contributed by atoms with Gasteiger partial charge in [0.25, 0.3) is 5.56 Å². The summed E-state index contributed by atoms with van der Waals surface area (Å²) in [5.41, 5.74) is 0.262. The van der Waals surface area contributed by atoms with Gasteiger partial charge in [0.15, 0.2) is 11.2 Å². The molecule has 0 N–H and O–H groups in total. The van der Waals surface area contributed by atoms with Crippen LogP contribution in [-0.2, 0) is 29.7 Å². The fourth-order valence-corrected chi connectivity index (χ4v) is 4.37. The molecule has 0 aliphatic carbocycles. The lowest BCUT2D eigenvalue weighted by Crippen LogP contribution is -2.42. The summed E-state index contributed by atoms with van der Waals surface area (Å²) in [6.45, 7) is 2.87. The Hall–Kier alpha value is -4.34. The van der Waals surface area contributed by atoms with E-state index in [1.165, 1.54) is 11.7 Å². The van der Waals surface area contributed by atoms with Gasteiger partial charge in [-0.15, -0.1) is 0 Å². The molecule has 4 aromatic rings. The van der Waals surface area contributed by atoms with Gasteiger partial charge < -0.3 is 18.9 Å². The molecule has 0 fully saturated rings. The summed E-state index contributed by atoms with van der Waals surface area (Å²) in [6, 6.07) is 17.2. The normalized spacial score (nSPS) is 15.2. The van der Waals surface area contributed by atoms with Gasteiger partial charge in [-0.3, -0.25) is 14.2 Å². The standard InChI is InChI=1S/C25H25N5O5/c1-16-13-28(17-9-11-19(12-10-17)35-18-7-5-4-6-8-18)24-26-22-21(29(24)14-16)23(32)30(15-20(31)34-3)25(33)27(22)2/h4-12,16H,13-15H2,1-3H3/t16-/m0/s1. The monoisotopic (exact) mass is 475 g/mol. The number of anilines is 2. The summed E-state index contributed by atoms with van der Waals surface area (Å²) < 4.78 is 14.6. The Labute approximate surface area is 200 Å². The van der Waals surface area contributed by atoms with Gasteiger partial charge in [0.05, 0.1) is 7.11 Å². The highest BCUT2D eigenvalue weighted by atomic mass is 16.5. The molecule has 0 radical (unpaired) electrons. The SMILES string of the molecule is COC(=O)Cn1c(=O)c2c(nc3n2C[C@@H](C)CN3c2ccc(Oc3ccccc3)cc2)n(C)c1=O. The van der Waals surface area contributed by atoms with Crippen molar-refractivity contribution in [2.45, 2.75) is 20.0 Å². The Bertz CT molecular complexity index is 1520. The summed E-state index contributed by atoms with van der Waals surface area (Å²) in [4.78, 5) is 44.6. The minimum atomic E-state index is -0.672. The van der Waals surface area contributed by atoms with Crippen LogP contribution in [-0.4, -0.2) is 38.3 Å². The van der Waals surface area contributed by atoms with Gasteiger partial charge in [-0.1, -0.05) is 25.1 Å². The first-order chi connectivity index (χ1) is 16.9. The van der Waals surface area contributed by atoms with E-state index in [4.69, 9.17) is 4.74 Å². The van der Waals surface area contributed by atoms with Gasteiger partial charge in [0, 0.05) is 25.8 Å². The number of hydrogen-bond donors (Lipinski definition) is 0. The lowest BCUT2D eigenvalue weighted by molar-refractivity contribution is -0.141. The van der Waals surface area contributed by atoms with Crippen LogP contribution in [0.25, 0.3) is 11.2 Å². The number of imidazole rings is 1. The van der Waals surface area contributed by atoms with E-state index in [0.717, 1.165) is 16.0 Å². The van der Waals surface area contributed by atoms with E-state index in [0.29, 0.717) is 24.8 Å². The summed E-state index contributed by atoms with van der Waals surface area (Å²) >= 11 is 0. The molecule has 1 aliphatic rings. The smallest absolute Gasteiger partial charge is 0.333 e. The minimum absolute atomic E-state index is 0.200. The van der Waals surface area contributed by atoms with E-state index in [1.54, 1.807) is 7.05 Å². The molecule has 10 nitrogen and oxygen atoms in total. The van der Waals surface area contributed by atoms with Crippen molar-refractivity contribution in [3.05, 3.63) is 75.4 Å². The van der Waals surface area contributed by atoms with Crippen molar-refractivity contribution in [1.82, 2.24) is 18.7 Å². The molecule has 5 rings (SSSR count). The lowest BCUT2D eigenvalue weighted by Gasteiger charge is -2.33. The number of ether oxygens (including phenoxy) is 2. The minimum Gasteiger partial charge on any atom is -0.468 e. The second kappa shape index (κ2) is 8.79. The molecule has 3 heterocycles. The second-order valence-corrected chi connectivity index (χ2v) is 8.63. The number of methoxy groups -OCH3 is 1. The van der Waals surface area contributed by atoms with Gasteiger partial charge in [-0.05, 0) is 42.3 Å². The Balaban J connectivity index is 1.57. The van der Waals surface area contributed by atoms with Crippen LogP contribution >= 0.6 is 0 Å². The molecule has 10 heteroatoms. The van der Waals surface area contributed by atoms with Crippen LogP contribution in [0.3, 0.4) is 0 Å². The van der Waals surface area contributed by atoms with Gasteiger partial charge in [0.2, 0.25) is 5.95 Å². The fraction of sp³-hybridized carbons (Fsp3) is 0.280. The first kappa shape index (κ1) is 22.5. The largest absolute Gasteiger partial charge is 0.468 e. The summed E-state index contributed by atoms with van der Waals surface area (Å²) in [5.74, 6) is 1.54. The van der Waals surface area contributed by atoms with Gasteiger partial charge in [0.1, 0.15) is 18.0 Å². The summed E-state index contributed by atoms with van der Waals surface area (Å²) in [7, 11) is 2.76. The molecule has 2 aromatic carbocycles. The summed E-state index contributed by atoms with van der Waals surface area (Å²) in [5, 5.41) is 0. The van der Waals surface area contributed by atoms with E-state index in [-0.39, 0.29) is 17.1 Å². The zero-order valence-corrected chi connectivity index (χ0v) is 19.7. The number of aromatic nitrogens is 4. The number of aryl methyl sites for hydroxylation is 1. The number of hydrogen-bond acceptors (Lipinski definition) is 7. The molecule has 0 bridgehead atoms. The maximum absolute atomic E-state index is 13.3. The highest BCUT2D eigenvalue weighted by molar-refractivity contribution is 5.77. The first-order valence-corrected chi connectivity index (χ1v) is 11.2. The third-order valence-corrected chi connectivity index (χ3v) is 6.08. The van der Waals surface area contributed by atoms with Crippen LogP contribution < -0.4 is 20.9 Å². The predicted molar refractivity (Wildman–Crippen MR) is 130 cm³/mol. The number of para-hydroxylation sites is 1. The summed E-state index contributed by atoms with van der Waals surface area (Å²) in [6.07, 6.45) is 0. The van der Waals surface area contributed by atoms with Crippen LogP contribution in [0.2, 0.25) is 0 Å². The van der Waals surface area contributed by atoms with Gasteiger partial charge >= 0.3 is 11.7 Å².